The van der Waals surface area contributed by atoms with E-state index in [-0.39, 0.29) is 17.4 Å². The summed E-state index contributed by atoms with van der Waals surface area (Å²) in [6, 6.07) is 0. The van der Waals surface area contributed by atoms with Crippen molar-refractivity contribution in [3.63, 3.8) is 0 Å². The van der Waals surface area contributed by atoms with Crippen LogP contribution in [0.3, 0.4) is 0 Å². The van der Waals surface area contributed by atoms with Gasteiger partial charge in [-0.05, 0) is 67.8 Å². The van der Waals surface area contributed by atoms with Gasteiger partial charge in [0.05, 0.1) is 27.6 Å². The maximum Gasteiger partial charge on any atom is 0.340 e. The van der Waals surface area contributed by atoms with Crippen LogP contribution in [0.2, 0.25) is 0 Å². The van der Waals surface area contributed by atoms with Crippen molar-refractivity contribution >= 4 is 107 Å². The number of amides is 2. The normalized spacial score (nSPS) is 11.0. The van der Waals surface area contributed by atoms with Crippen LogP contribution < -0.4 is 10.6 Å². The number of carbonyl (C=O) groups excluding carboxylic acids is 3. The first-order valence-electron chi connectivity index (χ1n) is 6.73. The minimum absolute atomic E-state index is 0.0643. The molecule has 1 rings (SSSR count). The number of carbonyl (C=O) groups is 3. The number of nitrogens with one attached hydrogen (secondary N) is 2. The summed E-state index contributed by atoms with van der Waals surface area (Å²) in [4.78, 5) is 35.4. The molecular weight excluding hydrogens is 709 g/mol. The average molecular weight is 722 g/mol. The second-order valence-electron chi connectivity index (χ2n) is 4.85. The van der Waals surface area contributed by atoms with Gasteiger partial charge < -0.3 is 15.4 Å². The monoisotopic (exact) mass is 722 g/mol. The lowest BCUT2D eigenvalue weighted by Gasteiger charge is -2.19. The zero-order valence-electron chi connectivity index (χ0n) is 13.4. The van der Waals surface area contributed by atoms with Crippen LogP contribution in [0.1, 0.15) is 24.2 Å². The number of halogens is 3. The maximum absolute atomic E-state index is 12.4. The van der Waals surface area contributed by atoms with Crippen molar-refractivity contribution in [2.24, 2.45) is 0 Å². The Balaban J connectivity index is 3.42. The molecule has 0 fully saturated rings. The Bertz CT molecular complexity index is 828. The van der Waals surface area contributed by atoms with Gasteiger partial charge >= 0.3 is 5.97 Å². The van der Waals surface area contributed by atoms with Gasteiger partial charge in [0.15, 0.2) is 0 Å². The number of esters is 1. The number of hydrogen-bond acceptors (Lipinski definition) is 6. The van der Waals surface area contributed by atoms with E-state index in [1.54, 1.807) is 0 Å². The fourth-order valence-corrected chi connectivity index (χ4v) is 6.17. The average Bonchev–Trinajstić information content (AvgIpc) is 2.46. The highest BCUT2D eigenvalue weighted by atomic mass is 127. The topological polar surface area (TPSA) is 139 Å². The molecule has 144 valence electrons. The van der Waals surface area contributed by atoms with Crippen LogP contribution in [0.25, 0.3) is 0 Å². The van der Waals surface area contributed by atoms with Gasteiger partial charge in [0.25, 0.3) is 10.1 Å². The third kappa shape index (κ3) is 6.71. The fraction of sp³-hybridized carbons (Fsp3) is 0.308. The zero-order valence-corrected chi connectivity index (χ0v) is 20.6. The first-order chi connectivity index (χ1) is 11.8. The molecule has 26 heavy (non-hydrogen) atoms. The summed E-state index contributed by atoms with van der Waals surface area (Å²) in [6.45, 7) is 2.05. The van der Waals surface area contributed by atoms with Gasteiger partial charge in [-0.25, -0.2) is 4.79 Å². The first kappa shape index (κ1) is 23.8. The molecule has 0 bridgehead atoms. The lowest BCUT2D eigenvalue weighted by Crippen LogP contribution is -2.20. The van der Waals surface area contributed by atoms with E-state index in [9.17, 15) is 22.8 Å². The van der Waals surface area contributed by atoms with Crippen molar-refractivity contribution in [3.05, 3.63) is 16.3 Å². The number of anilines is 2. The van der Waals surface area contributed by atoms with E-state index < -0.39 is 28.4 Å². The van der Waals surface area contributed by atoms with Gasteiger partial charge in [0, 0.05) is 13.8 Å². The highest BCUT2D eigenvalue weighted by Gasteiger charge is 2.26. The molecule has 0 aliphatic heterocycles. The summed E-state index contributed by atoms with van der Waals surface area (Å²) in [5.41, 5.74) is 0.712. The van der Waals surface area contributed by atoms with Gasteiger partial charge in [-0.15, -0.1) is 0 Å². The highest BCUT2D eigenvalue weighted by Crippen LogP contribution is 2.39. The fourth-order valence-electron chi connectivity index (χ4n) is 1.73. The summed E-state index contributed by atoms with van der Waals surface area (Å²) in [7, 11) is -4.27. The van der Waals surface area contributed by atoms with Gasteiger partial charge in [0.2, 0.25) is 11.8 Å². The zero-order chi connectivity index (χ0) is 20.2. The van der Waals surface area contributed by atoms with E-state index in [0.717, 1.165) is 0 Å². The third-order valence-corrected chi connectivity index (χ3v) is 6.62. The molecule has 0 saturated heterocycles. The molecule has 0 spiro atoms. The first-order valence-corrected chi connectivity index (χ1v) is 11.6. The molecule has 1 aromatic rings. The summed E-state index contributed by atoms with van der Waals surface area (Å²) >= 11 is 5.64. The van der Waals surface area contributed by atoms with Crippen molar-refractivity contribution < 1.29 is 32.1 Å². The largest absolute Gasteiger partial charge is 0.461 e. The minimum atomic E-state index is -4.27. The van der Waals surface area contributed by atoms with Crippen LogP contribution in [-0.4, -0.2) is 43.1 Å². The molecule has 0 aromatic heterocycles. The molecule has 0 atom stereocenters. The maximum atomic E-state index is 12.4. The Kier molecular flexibility index (Phi) is 8.94. The van der Waals surface area contributed by atoms with Crippen molar-refractivity contribution in [1.29, 1.82) is 0 Å². The van der Waals surface area contributed by atoms with Crippen LogP contribution in [0.5, 0.6) is 0 Å². The molecule has 9 nitrogen and oxygen atoms in total. The van der Waals surface area contributed by atoms with Crippen LogP contribution in [0.4, 0.5) is 11.4 Å². The summed E-state index contributed by atoms with van der Waals surface area (Å²) < 4.78 is 36.4. The quantitative estimate of drug-likeness (QED) is 0.233. The van der Waals surface area contributed by atoms with Crippen LogP contribution >= 0.6 is 67.8 Å². The number of rotatable bonds is 6. The Hall–Kier alpha value is -0.270. The SMILES string of the molecule is CC(=O)Nc1c(I)c(NC(C)=O)c(I)c(C(=O)OCCS(=O)(=O)O)c1I. The molecule has 3 N–H and O–H groups in total. The lowest BCUT2D eigenvalue weighted by molar-refractivity contribution is -0.115. The molecular formula is C13H13I3N2O7S. The molecule has 0 radical (unpaired) electrons. The third-order valence-electron chi connectivity index (χ3n) is 2.70. The van der Waals surface area contributed by atoms with E-state index in [1.807, 2.05) is 67.8 Å². The number of benzene rings is 1. The second kappa shape index (κ2) is 9.78. The van der Waals surface area contributed by atoms with Crippen LogP contribution in [-0.2, 0) is 24.4 Å². The van der Waals surface area contributed by atoms with Gasteiger partial charge in [-0.3, -0.25) is 14.1 Å². The van der Waals surface area contributed by atoms with Crippen molar-refractivity contribution in [1.82, 2.24) is 0 Å². The smallest absolute Gasteiger partial charge is 0.340 e. The van der Waals surface area contributed by atoms with Crippen molar-refractivity contribution in [2.45, 2.75) is 13.8 Å². The van der Waals surface area contributed by atoms with E-state index in [4.69, 9.17) is 9.29 Å². The van der Waals surface area contributed by atoms with E-state index in [2.05, 4.69) is 10.6 Å². The van der Waals surface area contributed by atoms with Crippen LogP contribution in [0.15, 0.2) is 0 Å². The summed E-state index contributed by atoms with van der Waals surface area (Å²) in [6.07, 6.45) is 0. The molecule has 1 aromatic carbocycles. The van der Waals surface area contributed by atoms with Gasteiger partial charge in [-0.1, -0.05) is 0 Å². The van der Waals surface area contributed by atoms with E-state index in [1.165, 1.54) is 13.8 Å². The molecule has 0 unspecified atom stereocenters. The molecule has 0 aliphatic rings. The molecule has 2 amide bonds. The molecule has 0 heterocycles. The predicted molar refractivity (Wildman–Crippen MR) is 120 cm³/mol. The van der Waals surface area contributed by atoms with Gasteiger partial charge in [0.1, 0.15) is 12.4 Å². The van der Waals surface area contributed by atoms with Crippen LogP contribution in [0, 0.1) is 10.7 Å². The van der Waals surface area contributed by atoms with E-state index in [0.29, 0.717) is 22.1 Å². The highest BCUT2D eigenvalue weighted by molar-refractivity contribution is 14.1. The Morgan fingerprint density at radius 3 is 1.73 bits per heavy atom. The number of ether oxygens (including phenoxy) is 1. The Morgan fingerprint density at radius 1 is 0.962 bits per heavy atom. The Labute approximate surface area is 190 Å². The second-order valence-corrected chi connectivity index (χ2v) is 9.66. The van der Waals surface area contributed by atoms with Crippen molar-refractivity contribution in [2.75, 3.05) is 23.0 Å². The number of hydrogen-bond donors (Lipinski definition) is 3. The molecule has 13 heteroatoms. The predicted octanol–water partition coefficient (Wildman–Crippen LogP) is 2.46. The lowest BCUT2D eigenvalue weighted by atomic mass is 10.1. The molecule has 0 aliphatic carbocycles. The Morgan fingerprint density at radius 2 is 1.38 bits per heavy atom. The van der Waals surface area contributed by atoms with Gasteiger partial charge in [-0.2, -0.15) is 8.42 Å². The molecule has 0 saturated carbocycles. The minimum Gasteiger partial charge on any atom is -0.461 e. The standard InChI is InChI=1S/C13H13I3N2O7S/c1-5(19)17-11-8(14)7(13(21)25-3-4-26(22,23)24)9(15)12(10(11)16)18-6(2)20/h3-4H2,1-2H3,(H,17,19)(H,18,20)(H,22,23,24). The van der Waals surface area contributed by atoms with Crippen molar-refractivity contribution in [3.8, 4) is 0 Å². The van der Waals surface area contributed by atoms with E-state index >= 15 is 0 Å². The summed E-state index contributed by atoms with van der Waals surface area (Å²) in [5.74, 6) is -2.34. The summed E-state index contributed by atoms with van der Waals surface area (Å²) in [5, 5.41) is 5.21.